The zero-order valence-corrected chi connectivity index (χ0v) is 18.0. The van der Waals surface area contributed by atoms with Crippen LogP contribution in [0.25, 0.3) is 16.8 Å². The molecular formula is C26H21ClN4O. The van der Waals surface area contributed by atoms with E-state index in [1.165, 1.54) is 5.56 Å². The molecule has 0 atom stereocenters. The molecule has 0 aliphatic heterocycles. The third kappa shape index (κ3) is 4.15. The highest BCUT2D eigenvalue weighted by Gasteiger charge is 2.16. The van der Waals surface area contributed by atoms with E-state index >= 15 is 0 Å². The van der Waals surface area contributed by atoms with Gasteiger partial charge in [-0.05, 0) is 41.0 Å². The number of hydrogen-bond acceptors (Lipinski definition) is 2. The Morgan fingerprint density at radius 2 is 1.59 bits per heavy atom. The lowest BCUT2D eigenvalue weighted by Crippen LogP contribution is -2.17. The predicted octanol–water partition coefficient (Wildman–Crippen LogP) is 5.32. The van der Waals surface area contributed by atoms with E-state index in [2.05, 4.69) is 46.5 Å². The van der Waals surface area contributed by atoms with Gasteiger partial charge < -0.3 is 4.57 Å². The molecule has 1 N–H and O–H groups in total. The lowest BCUT2D eigenvalue weighted by Gasteiger charge is -2.06. The highest BCUT2D eigenvalue weighted by molar-refractivity contribution is 6.30. The summed E-state index contributed by atoms with van der Waals surface area (Å²) in [6, 6.07) is 25.9. The summed E-state index contributed by atoms with van der Waals surface area (Å²) in [4.78, 5) is 17.5. The van der Waals surface area contributed by atoms with Crippen LogP contribution in [0.3, 0.4) is 0 Å². The van der Waals surface area contributed by atoms with E-state index in [9.17, 15) is 4.79 Å². The maximum Gasteiger partial charge on any atom is 0.275 e. The van der Waals surface area contributed by atoms with Crippen LogP contribution in [0.2, 0.25) is 5.02 Å². The highest BCUT2D eigenvalue weighted by Crippen LogP contribution is 2.21. The Hall–Kier alpha value is -3.83. The molecule has 32 heavy (non-hydrogen) atoms. The van der Waals surface area contributed by atoms with E-state index in [0.29, 0.717) is 18.0 Å². The van der Waals surface area contributed by atoms with Crippen LogP contribution in [0.4, 0.5) is 0 Å². The first-order chi connectivity index (χ1) is 15.7. The van der Waals surface area contributed by atoms with Crippen molar-refractivity contribution in [2.75, 3.05) is 0 Å². The number of benzene rings is 3. The van der Waals surface area contributed by atoms with Crippen LogP contribution in [0, 0.1) is 0 Å². The lowest BCUT2D eigenvalue weighted by molar-refractivity contribution is 0.737. The summed E-state index contributed by atoms with van der Waals surface area (Å²) in [7, 11) is 0. The first kappa shape index (κ1) is 20.1. The summed E-state index contributed by atoms with van der Waals surface area (Å²) in [6.07, 6.45) is 5.90. The average Bonchev–Trinajstić information content (AvgIpc) is 3.45. The minimum Gasteiger partial charge on any atom is -0.332 e. The smallest absolute Gasteiger partial charge is 0.275 e. The van der Waals surface area contributed by atoms with Gasteiger partial charge in [0.15, 0.2) is 0 Å². The SMILES string of the molecule is O=c1c(Cc2ccc(-c3ccccc3)cc2)c(Cn2ccnc2)[nH]n1-c1ccc(Cl)cc1. The van der Waals surface area contributed by atoms with Gasteiger partial charge in [-0.1, -0.05) is 66.2 Å². The van der Waals surface area contributed by atoms with Crippen molar-refractivity contribution >= 4 is 11.6 Å². The zero-order valence-electron chi connectivity index (χ0n) is 17.3. The van der Waals surface area contributed by atoms with Crippen molar-refractivity contribution < 1.29 is 0 Å². The van der Waals surface area contributed by atoms with Crippen molar-refractivity contribution in [1.82, 2.24) is 19.3 Å². The van der Waals surface area contributed by atoms with E-state index < -0.39 is 0 Å². The normalized spacial score (nSPS) is 11.0. The van der Waals surface area contributed by atoms with Gasteiger partial charge in [-0.2, -0.15) is 0 Å². The van der Waals surface area contributed by atoms with Crippen LogP contribution >= 0.6 is 11.6 Å². The Morgan fingerprint density at radius 3 is 2.28 bits per heavy atom. The van der Waals surface area contributed by atoms with Crippen LogP contribution in [0.1, 0.15) is 16.8 Å². The van der Waals surface area contributed by atoms with Crippen molar-refractivity contribution in [3.63, 3.8) is 0 Å². The Kier molecular flexibility index (Phi) is 5.48. The zero-order chi connectivity index (χ0) is 21.9. The van der Waals surface area contributed by atoms with Crippen LogP contribution in [0.5, 0.6) is 0 Å². The van der Waals surface area contributed by atoms with Crippen molar-refractivity contribution in [2.24, 2.45) is 0 Å². The van der Waals surface area contributed by atoms with E-state index in [4.69, 9.17) is 11.6 Å². The molecule has 0 aliphatic rings. The van der Waals surface area contributed by atoms with E-state index in [1.54, 1.807) is 29.3 Å². The minimum absolute atomic E-state index is 0.0606. The minimum atomic E-state index is -0.0606. The number of nitrogens with zero attached hydrogens (tertiary/aromatic N) is 3. The van der Waals surface area contributed by atoms with Gasteiger partial charge in [0.2, 0.25) is 0 Å². The summed E-state index contributed by atoms with van der Waals surface area (Å²) in [5, 5.41) is 3.92. The van der Waals surface area contributed by atoms with Gasteiger partial charge in [0.05, 0.1) is 24.3 Å². The van der Waals surface area contributed by atoms with Gasteiger partial charge >= 0.3 is 0 Å². The van der Waals surface area contributed by atoms with Crippen molar-refractivity contribution in [3.05, 3.63) is 130 Å². The third-order valence-corrected chi connectivity index (χ3v) is 5.75. The fourth-order valence-corrected chi connectivity index (χ4v) is 3.94. The topological polar surface area (TPSA) is 55.6 Å². The molecule has 3 aromatic carbocycles. The first-order valence-corrected chi connectivity index (χ1v) is 10.7. The molecular weight excluding hydrogens is 420 g/mol. The number of imidazole rings is 1. The fraction of sp³-hybridized carbons (Fsp3) is 0.0769. The Morgan fingerprint density at radius 1 is 0.875 bits per heavy atom. The van der Waals surface area contributed by atoms with Gasteiger partial charge in [-0.3, -0.25) is 9.89 Å². The summed E-state index contributed by atoms with van der Waals surface area (Å²) in [5.41, 5.74) is 5.69. The van der Waals surface area contributed by atoms with Crippen molar-refractivity contribution in [2.45, 2.75) is 13.0 Å². The average molecular weight is 441 g/mol. The standard InChI is InChI=1S/C26H21ClN4O/c27-22-10-12-23(13-11-22)31-26(32)24(25(29-31)17-30-15-14-28-18-30)16-19-6-8-21(9-7-19)20-4-2-1-3-5-20/h1-15,18,29H,16-17H2. The highest BCUT2D eigenvalue weighted by atomic mass is 35.5. The number of halogens is 1. The molecule has 0 aliphatic carbocycles. The predicted molar refractivity (Wildman–Crippen MR) is 127 cm³/mol. The molecule has 0 saturated carbocycles. The van der Waals surface area contributed by atoms with E-state index in [-0.39, 0.29) is 5.56 Å². The molecule has 5 nitrogen and oxygen atoms in total. The molecule has 0 radical (unpaired) electrons. The van der Waals surface area contributed by atoms with Crippen LogP contribution in [-0.2, 0) is 13.0 Å². The molecule has 2 aromatic heterocycles. The number of H-pyrrole nitrogens is 1. The monoisotopic (exact) mass is 440 g/mol. The third-order valence-electron chi connectivity index (χ3n) is 5.50. The molecule has 0 amide bonds. The van der Waals surface area contributed by atoms with Crippen LogP contribution in [0.15, 0.2) is 102 Å². The quantitative estimate of drug-likeness (QED) is 0.388. The van der Waals surface area contributed by atoms with Crippen LogP contribution in [-0.4, -0.2) is 19.3 Å². The van der Waals surface area contributed by atoms with Gasteiger partial charge in [-0.25, -0.2) is 9.67 Å². The molecule has 0 spiro atoms. The molecule has 5 aromatic rings. The Balaban J connectivity index is 1.50. The number of aromatic amines is 1. The second-order valence-electron chi connectivity index (χ2n) is 7.66. The number of nitrogens with one attached hydrogen (secondary N) is 1. The van der Waals surface area contributed by atoms with Crippen LogP contribution < -0.4 is 5.56 Å². The largest absolute Gasteiger partial charge is 0.332 e. The maximum atomic E-state index is 13.4. The van der Waals surface area contributed by atoms with E-state index in [1.807, 2.05) is 41.1 Å². The number of rotatable bonds is 6. The molecule has 0 fully saturated rings. The summed E-state index contributed by atoms with van der Waals surface area (Å²) in [6.45, 7) is 0.535. The first-order valence-electron chi connectivity index (χ1n) is 10.4. The lowest BCUT2D eigenvalue weighted by atomic mass is 10.0. The Labute approximate surface area is 190 Å². The molecule has 2 heterocycles. The van der Waals surface area contributed by atoms with Crippen molar-refractivity contribution in [1.29, 1.82) is 0 Å². The molecule has 158 valence electrons. The Bertz CT molecular complexity index is 1370. The molecule has 0 saturated heterocycles. The summed E-state index contributed by atoms with van der Waals surface area (Å²) in [5.74, 6) is 0. The van der Waals surface area contributed by atoms with Gasteiger partial charge in [0.25, 0.3) is 5.56 Å². The number of hydrogen-bond donors (Lipinski definition) is 1. The molecule has 0 unspecified atom stereocenters. The maximum absolute atomic E-state index is 13.4. The fourth-order valence-electron chi connectivity index (χ4n) is 3.81. The van der Waals surface area contributed by atoms with Gasteiger partial charge in [-0.15, -0.1) is 0 Å². The second kappa shape index (κ2) is 8.73. The van der Waals surface area contributed by atoms with Gasteiger partial charge in [0, 0.05) is 29.4 Å². The molecule has 5 rings (SSSR count). The van der Waals surface area contributed by atoms with E-state index in [0.717, 1.165) is 28.1 Å². The second-order valence-corrected chi connectivity index (χ2v) is 8.10. The summed E-state index contributed by atoms with van der Waals surface area (Å²) < 4.78 is 3.52. The molecule has 6 heteroatoms. The molecule has 0 bridgehead atoms. The number of aromatic nitrogens is 4. The van der Waals surface area contributed by atoms with Gasteiger partial charge in [0.1, 0.15) is 0 Å². The summed E-state index contributed by atoms with van der Waals surface area (Å²) >= 11 is 6.03. The van der Waals surface area contributed by atoms with Crippen molar-refractivity contribution in [3.8, 4) is 16.8 Å².